The number of hydrogen-bond donors (Lipinski definition) is 1. The largest absolute Gasteiger partial charge is 0.306 e. The third-order valence-corrected chi connectivity index (χ3v) is 3.32. The van der Waals surface area contributed by atoms with Gasteiger partial charge in [0.1, 0.15) is 5.82 Å². The second kappa shape index (κ2) is 5.48. The third kappa shape index (κ3) is 2.66. The van der Waals surface area contributed by atoms with Crippen molar-refractivity contribution in [2.75, 3.05) is 6.54 Å². The number of aryl methyl sites for hydroxylation is 2. The molecule has 1 unspecified atom stereocenters. The highest BCUT2D eigenvalue weighted by atomic mass is 19.1. The van der Waals surface area contributed by atoms with Crippen LogP contribution in [0.1, 0.15) is 35.5 Å². The number of halogens is 1. The fourth-order valence-electron chi connectivity index (χ4n) is 2.38. The third-order valence-electron chi connectivity index (χ3n) is 3.32. The van der Waals surface area contributed by atoms with Crippen molar-refractivity contribution in [2.24, 2.45) is 7.05 Å². The van der Waals surface area contributed by atoms with Gasteiger partial charge in [0.25, 0.3) is 0 Å². The topological polar surface area (TPSA) is 42.7 Å². The Labute approximate surface area is 112 Å². The monoisotopic (exact) mass is 262 g/mol. The van der Waals surface area contributed by atoms with Crippen molar-refractivity contribution in [1.29, 1.82) is 0 Å². The molecule has 0 aliphatic carbocycles. The van der Waals surface area contributed by atoms with Crippen LogP contribution >= 0.6 is 0 Å². The number of hydrogen-bond acceptors (Lipinski definition) is 3. The van der Waals surface area contributed by atoms with E-state index in [1.54, 1.807) is 6.20 Å². The smallest absolute Gasteiger partial charge is 0.141 e. The van der Waals surface area contributed by atoms with Gasteiger partial charge < -0.3 is 5.32 Å². The second-order valence-electron chi connectivity index (χ2n) is 4.64. The fraction of sp³-hybridized carbons (Fsp3) is 0.429. The molecule has 0 bridgehead atoms. The summed E-state index contributed by atoms with van der Waals surface area (Å²) in [7, 11) is 1.92. The molecule has 0 fully saturated rings. The van der Waals surface area contributed by atoms with E-state index in [0.717, 1.165) is 29.1 Å². The minimum absolute atomic E-state index is 0.0816. The highest BCUT2D eigenvalue weighted by Gasteiger charge is 2.21. The highest BCUT2D eigenvalue weighted by Crippen LogP contribution is 2.27. The molecular formula is C14H19FN4. The van der Waals surface area contributed by atoms with E-state index in [0.29, 0.717) is 0 Å². The summed E-state index contributed by atoms with van der Waals surface area (Å²) in [5.41, 5.74) is 3.95. The lowest BCUT2D eigenvalue weighted by atomic mass is 9.98. The van der Waals surface area contributed by atoms with E-state index >= 15 is 0 Å². The van der Waals surface area contributed by atoms with Gasteiger partial charge in [0, 0.05) is 24.5 Å². The molecular weight excluding hydrogens is 243 g/mol. The lowest BCUT2D eigenvalue weighted by Crippen LogP contribution is -2.23. The van der Waals surface area contributed by atoms with Crippen molar-refractivity contribution in [3.8, 4) is 0 Å². The molecule has 2 aromatic heterocycles. The number of rotatable bonds is 4. The molecule has 19 heavy (non-hydrogen) atoms. The molecule has 2 aromatic rings. The van der Waals surface area contributed by atoms with Crippen molar-refractivity contribution in [3.05, 3.63) is 46.8 Å². The van der Waals surface area contributed by atoms with Gasteiger partial charge in [0.2, 0.25) is 0 Å². The van der Waals surface area contributed by atoms with Crippen LogP contribution in [0.25, 0.3) is 0 Å². The molecule has 0 radical (unpaired) electrons. The average Bonchev–Trinajstić information content (AvgIpc) is 2.61. The van der Waals surface area contributed by atoms with Gasteiger partial charge in [-0.1, -0.05) is 6.92 Å². The number of aromatic nitrogens is 3. The second-order valence-corrected chi connectivity index (χ2v) is 4.64. The molecule has 1 atom stereocenters. The van der Waals surface area contributed by atoms with Crippen LogP contribution in [0, 0.1) is 19.7 Å². The summed E-state index contributed by atoms with van der Waals surface area (Å²) in [6, 6.07) is 1.44. The Balaban J connectivity index is 2.51. The van der Waals surface area contributed by atoms with Gasteiger partial charge >= 0.3 is 0 Å². The summed E-state index contributed by atoms with van der Waals surface area (Å²) in [4.78, 5) is 3.94. The Morgan fingerprint density at radius 1 is 1.37 bits per heavy atom. The number of nitrogens with one attached hydrogen (secondary N) is 1. The van der Waals surface area contributed by atoms with Crippen LogP contribution in [0.2, 0.25) is 0 Å². The maximum atomic E-state index is 13.4. The fourth-order valence-corrected chi connectivity index (χ4v) is 2.38. The van der Waals surface area contributed by atoms with E-state index in [1.807, 2.05) is 32.5 Å². The van der Waals surface area contributed by atoms with E-state index in [-0.39, 0.29) is 11.9 Å². The van der Waals surface area contributed by atoms with Crippen LogP contribution in [-0.4, -0.2) is 21.3 Å². The lowest BCUT2D eigenvalue weighted by Gasteiger charge is -2.19. The van der Waals surface area contributed by atoms with Gasteiger partial charge in [0.15, 0.2) is 0 Å². The molecule has 0 saturated carbocycles. The normalized spacial score (nSPS) is 12.7. The zero-order valence-corrected chi connectivity index (χ0v) is 11.7. The molecule has 2 rings (SSSR count). The van der Waals surface area contributed by atoms with Crippen LogP contribution in [0.15, 0.2) is 18.5 Å². The molecule has 1 N–H and O–H groups in total. The van der Waals surface area contributed by atoms with Crippen LogP contribution in [-0.2, 0) is 7.05 Å². The maximum absolute atomic E-state index is 13.4. The lowest BCUT2D eigenvalue weighted by molar-refractivity contribution is 0.593. The Bertz CT molecular complexity index is 577. The minimum atomic E-state index is -0.320. The zero-order chi connectivity index (χ0) is 14.0. The maximum Gasteiger partial charge on any atom is 0.141 e. The summed E-state index contributed by atoms with van der Waals surface area (Å²) in [5.74, 6) is -0.320. The van der Waals surface area contributed by atoms with E-state index in [9.17, 15) is 4.39 Å². The number of nitrogens with zero attached hydrogens (tertiary/aromatic N) is 3. The Hall–Kier alpha value is -1.75. The predicted molar refractivity (Wildman–Crippen MR) is 72.4 cm³/mol. The van der Waals surface area contributed by atoms with Gasteiger partial charge in [-0.15, -0.1) is 0 Å². The van der Waals surface area contributed by atoms with E-state index < -0.39 is 0 Å². The van der Waals surface area contributed by atoms with E-state index in [2.05, 4.69) is 15.4 Å². The first-order valence-electron chi connectivity index (χ1n) is 6.38. The molecule has 0 aromatic carbocycles. The van der Waals surface area contributed by atoms with Crippen molar-refractivity contribution in [3.63, 3.8) is 0 Å². The van der Waals surface area contributed by atoms with Crippen molar-refractivity contribution in [1.82, 2.24) is 20.1 Å². The molecule has 102 valence electrons. The van der Waals surface area contributed by atoms with Crippen LogP contribution in [0.5, 0.6) is 0 Å². The highest BCUT2D eigenvalue weighted by molar-refractivity contribution is 5.36. The Morgan fingerprint density at radius 2 is 2.11 bits per heavy atom. The molecule has 0 spiro atoms. The number of pyridine rings is 1. The first-order valence-corrected chi connectivity index (χ1v) is 6.38. The molecule has 0 saturated heterocycles. The van der Waals surface area contributed by atoms with Gasteiger partial charge in [0.05, 0.1) is 17.9 Å². The summed E-state index contributed by atoms with van der Waals surface area (Å²) in [5, 5.41) is 7.80. The van der Waals surface area contributed by atoms with Gasteiger partial charge in [-0.2, -0.15) is 5.10 Å². The van der Waals surface area contributed by atoms with Gasteiger partial charge in [-0.25, -0.2) is 4.39 Å². The van der Waals surface area contributed by atoms with Crippen LogP contribution < -0.4 is 5.32 Å². The summed E-state index contributed by atoms with van der Waals surface area (Å²) >= 11 is 0. The summed E-state index contributed by atoms with van der Waals surface area (Å²) in [6.45, 7) is 6.81. The Morgan fingerprint density at radius 3 is 2.63 bits per heavy atom. The van der Waals surface area contributed by atoms with Crippen molar-refractivity contribution in [2.45, 2.75) is 26.8 Å². The first-order chi connectivity index (χ1) is 9.04. The SMILES string of the molecule is CCNC(c1cncc(F)c1)c1c(C)nn(C)c1C. The molecule has 0 aliphatic heterocycles. The van der Waals surface area contributed by atoms with Crippen LogP contribution in [0.4, 0.5) is 4.39 Å². The molecule has 4 nitrogen and oxygen atoms in total. The zero-order valence-electron chi connectivity index (χ0n) is 11.7. The van der Waals surface area contributed by atoms with E-state index in [4.69, 9.17) is 0 Å². The van der Waals surface area contributed by atoms with Crippen molar-refractivity contribution >= 4 is 0 Å². The average molecular weight is 262 g/mol. The van der Waals surface area contributed by atoms with Crippen LogP contribution in [0.3, 0.4) is 0 Å². The van der Waals surface area contributed by atoms with E-state index in [1.165, 1.54) is 12.3 Å². The molecule has 2 heterocycles. The van der Waals surface area contributed by atoms with Gasteiger partial charge in [-0.05, 0) is 32.0 Å². The quantitative estimate of drug-likeness (QED) is 0.919. The Kier molecular flexibility index (Phi) is 3.95. The standard InChI is InChI=1S/C14H19FN4/c1-5-17-14(11-6-12(15)8-16-7-11)13-9(2)18-19(4)10(13)3/h6-8,14,17H,5H2,1-4H3. The van der Waals surface area contributed by atoms with Gasteiger partial charge in [-0.3, -0.25) is 9.67 Å². The van der Waals surface area contributed by atoms with Crippen molar-refractivity contribution < 1.29 is 4.39 Å². The molecule has 5 heteroatoms. The summed E-state index contributed by atoms with van der Waals surface area (Å²) in [6.07, 6.45) is 2.91. The minimum Gasteiger partial charge on any atom is -0.306 e. The predicted octanol–water partition coefficient (Wildman–Crippen LogP) is 2.27. The summed E-state index contributed by atoms with van der Waals surface area (Å²) < 4.78 is 15.2. The molecule has 0 amide bonds. The molecule has 0 aliphatic rings. The first kappa shape index (κ1) is 13.7.